The fourth-order valence-electron chi connectivity index (χ4n) is 3.60. The van der Waals surface area contributed by atoms with Gasteiger partial charge in [-0.2, -0.15) is 0 Å². The number of aromatic nitrogens is 2. The fraction of sp³-hybridized carbons (Fsp3) is 0.250. The Morgan fingerprint density at radius 3 is 2.46 bits per heavy atom. The number of nitrogens with two attached hydrogens (primary N) is 1. The van der Waals surface area contributed by atoms with Gasteiger partial charge in [-0.1, -0.05) is 30.3 Å². The smallest absolute Gasteiger partial charge is 0.330 e. The molecular weight excluding hydrogens is 452 g/mol. The van der Waals surface area contributed by atoms with Gasteiger partial charge in [-0.25, -0.2) is 4.79 Å². The van der Waals surface area contributed by atoms with Gasteiger partial charge in [-0.05, 0) is 30.7 Å². The highest BCUT2D eigenvalue weighted by Crippen LogP contribution is 2.28. The van der Waals surface area contributed by atoms with E-state index < -0.39 is 17.2 Å². The Kier molecular flexibility index (Phi) is 7.92. The van der Waals surface area contributed by atoms with Gasteiger partial charge in [0.1, 0.15) is 17.3 Å². The number of carbonyl (C=O) groups is 2. The maximum atomic E-state index is 12.9. The largest absolute Gasteiger partial charge is 0.495 e. The minimum atomic E-state index is -0.684. The molecule has 2 aromatic carbocycles. The van der Waals surface area contributed by atoms with Gasteiger partial charge >= 0.3 is 5.69 Å². The van der Waals surface area contributed by atoms with E-state index in [1.165, 1.54) is 23.5 Å². The number of hydrogen-bond donors (Lipinski definition) is 4. The van der Waals surface area contributed by atoms with Crippen LogP contribution in [0, 0.1) is 0 Å². The molecular formula is C24H28N6O5. The molecule has 3 aromatic rings. The van der Waals surface area contributed by atoms with Crippen LogP contribution in [-0.4, -0.2) is 41.6 Å². The van der Waals surface area contributed by atoms with Gasteiger partial charge in [-0.3, -0.25) is 23.9 Å². The van der Waals surface area contributed by atoms with Crippen molar-refractivity contribution in [3.63, 3.8) is 0 Å². The lowest BCUT2D eigenvalue weighted by Crippen LogP contribution is -2.41. The lowest BCUT2D eigenvalue weighted by atomic mass is 10.2. The summed E-state index contributed by atoms with van der Waals surface area (Å²) >= 11 is 0. The van der Waals surface area contributed by atoms with Crippen molar-refractivity contribution in [3.05, 3.63) is 74.9 Å². The van der Waals surface area contributed by atoms with Crippen molar-refractivity contribution < 1.29 is 14.3 Å². The molecule has 0 aliphatic heterocycles. The highest BCUT2D eigenvalue weighted by atomic mass is 16.5. The molecule has 184 valence electrons. The first-order valence-corrected chi connectivity index (χ1v) is 10.9. The maximum absolute atomic E-state index is 12.9. The van der Waals surface area contributed by atoms with Crippen molar-refractivity contribution in [1.82, 2.24) is 9.55 Å². The predicted molar refractivity (Wildman–Crippen MR) is 135 cm³/mol. The third-order valence-corrected chi connectivity index (χ3v) is 5.22. The molecule has 5 N–H and O–H groups in total. The molecule has 1 heterocycles. The molecule has 0 saturated heterocycles. The second kappa shape index (κ2) is 11.1. The topological polar surface area (TPSA) is 152 Å². The molecule has 0 radical (unpaired) electrons. The van der Waals surface area contributed by atoms with Crippen LogP contribution < -0.4 is 37.3 Å². The summed E-state index contributed by atoms with van der Waals surface area (Å²) in [7, 11) is 1.46. The van der Waals surface area contributed by atoms with Crippen molar-refractivity contribution in [2.75, 3.05) is 41.5 Å². The summed E-state index contributed by atoms with van der Waals surface area (Å²) < 4.78 is 6.55. The first-order valence-electron chi connectivity index (χ1n) is 10.9. The van der Waals surface area contributed by atoms with E-state index in [9.17, 15) is 19.2 Å². The second-order valence-electron chi connectivity index (χ2n) is 7.72. The Balaban J connectivity index is 1.87. The Hall–Kier alpha value is -4.54. The van der Waals surface area contributed by atoms with Crippen molar-refractivity contribution in [2.24, 2.45) is 0 Å². The highest BCUT2D eigenvalue weighted by Gasteiger charge is 2.21. The van der Waals surface area contributed by atoms with Gasteiger partial charge in [0.2, 0.25) is 11.8 Å². The summed E-state index contributed by atoms with van der Waals surface area (Å²) in [5.41, 5.74) is 6.61. The van der Waals surface area contributed by atoms with Gasteiger partial charge in [0, 0.05) is 19.2 Å². The first-order chi connectivity index (χ1) is 16.7. The lowest BCUT2D eigenvalue weighted by Gasteiger charge is -2.24. The number of rotatable bonds is 9. The van der Waals surface area contributed by atoms with E-state index in [4.69, 9.17) is 10.5 Å². The molecule has 0 saturated carbocycles. The van der Waals surface area contributed by atoms with E-state index in [0.717, 1.165) is 5.56 Å². The van der Waals surface area contributed by atoms with Gasteiger partial charge in [0.15, 0.2) is 0 Å². The summed E-state index contributed by atoms with van der Waals surface area (Å²) in [6.07, 6.45) is 0. The molecule has 0 bridgehead atoms. The Labute approximate surface area is 201 Å². The predicted octanol–water partition coefficient (Wildman–Crippen LogP) is 1.60. The molecule has 0 aliphatic rings. The van der Waals surface area contributed by atoms with E-state index in [1.807, 2.05) is 30.3 Å². The van der Waals surface area contributed by atoms with E-state index in [1.54, 1.807) is 25.1 Å². The number of benzene rings is 2. The molecule has 11 heteroatoms. The van der Waals surface area contributed by atoms with E-state index in [2.05, 4.69) is 15.6 Å². The van der Waals surface area contributed by atoms with E-state index in [-0.39, 0.29) is 37.0 Å². The number of nitrogens with zero attached hydrogens (tertiary/aromatic N) is 2. The van der Waals surface area contributed by atoms with Crippen LogP contribution in [0.25, 0.3) is 0 Å². The van der Waals surface area contributed by atoms with Crippen molar-refractivity contribution >= 4 is 34.7 Å². The number of anilines is 4. The molecule has 11 nitrogen and oxygen atoms in total. The van der Waals surface area contributed by atoms with Gasteiger partial charge in [0.25, 0.3) is 5.56 Å². The number of H-pyrrole nitrogens is 1. The minimum Gasteiger partial charge on any atom is -0.495 e. The molecule has 0 fully saturated rings. The quantitative estimate of drug-likeness (QED) is 0.363. The van der Waals surface area contributed by atoms with Crippen molar-refractivity contribution in [1.29, 1.82) is 0 Å². The molecule has 35 heavy (non-hydrogen) atoms. The summed E-state index contributed by atoms with van der Waals surface area (Å²) in [6, 6.07) is 14.0. The summed E-state index contributed by atoms with van der Waals surface area (Å²) in [4.78, 5) is 53.2. The number of amides is 2. The summed E-state index contributed by atoms with van der Waals surface area (Å²) in [5.74, 6) is -0.360. The number of nitrogen functional groups attached to an aromatic ring is 1. The summed E-state index contributed by atoms with van der Waals surface area (Å²) in [6.45, 7) is 3.35. The number of carbonyl (C=O) groups excluding carboxylic acids is 2. The van der Waals surface area contributed by atoms with Crippen LogP contribution >= 0.6 is 0 Å². The van der Waals surface area contributed by atoms with Crippen LogP contribution in [0.15, 0.2) is 58.1 Å². The molecule has 1 aromatic heterocycles. The average Bonchev–Trinajstić information content (AvgIpc) is 2.81. The number of nitrogens with one attached hydrogen (secondary N) is 3. The minimum absolute atomic E-state index is 0.0251. The molecule has 2 amide bonds. The monoisotopic (exact) mass is 480 g/mol. The van der Waals surface area contributed by atoms with Crippen LogP contribution in [0.2, 0.25) is 0 Å². The normalized spacial score (nSPS) is 10.5. The molecule has 0 aliphatic carbocycles. The van der Waals surface area contributed by atoms with E-state index in [0.29, 0.717) is 17.1 Å². The number of aromatic amines is 1. The van der Waals surface area contributed by atoms with Crippen LogP contribution in [0.3, 0.4) is 0 Å². The first kappa shape index (κ1) is 25.1. The second-order valence-corrected chi connectivity index (χ2v) is 7.72. The Bertz CT molecular complexity index is 1330. The van der Waals surface area contributed by atoms with Gasteiger partial charge < -0.3 is 26.0 Å². The van der Waals surface area contributed by atoms with Crippen LogP contribution in [0.1, 0.15) is 19.4 Å². The fourth-order valence-corrected chi connectivity index (χ4v) is 3.60. The van der Waals surface area contributed by atoms with Gasteiger partial charge in [0.05, 0.1) is 25.9 Å². The molecule has 0 unspecified atom stereocenters. The number of methoxy groups -OCH3 is 1. The third kappa shape index (κ3) is 6.08. The maximum Gasteiger partial charge on any atom is 0.330 e. The molecule has 3 rings (SSSR count). The molecule has 0 spiro atoms. The molecule has 0 atom stereocenters. The van der Waals surface area contributed by atoms with E-state index >= 15 is 0 Å². The van der Waals surface area contributed by atoms with Crippen LogP contribution in [0.4, 0.5) is 22.9 Å². The average molecular weight is 481 g/mol. The zero-order valence-electron chi connectivity index (χ0n) is 19.8. The van der Waals surface area contributed by atoms with Crippen LogP contribution in [-0.2, 0) is 16.1 Å². The SMILES string of the molecule is CCN(CC(=O)Nc1cc(NC(C)=O)ccc1OC)c1c(N)n(Cc2ccccc2)c(=O)[nH]c1=O. The number of ether oxygens (including phenoxy) is 1. The standard InChI is InChI=1S/C24H28N6O5/c1-4-29(14-20(32)27-18-12-17(26-15(2)31)10-11-19(18)35-3)21-22(25)30(24(34)28-23(21)33)13-16-8-6-5-7-9-16/h5-12H,4,13-14,25H2,1-3H3,(H,26,31)(H,27,32)(H,28,33,34). The number of hydrogen-bond acceptors (Lipinski definition) is 7. The van der Waals surface area contributed by atoms with Crippen molar-refractivity contribution in [2.45, 2.75) is 20.4 Å². The Morgan fingerprint density at radius 2 is 1.83 bits per heavy atom. The van der Waals surface area contributed by atoms with Crippen molar-refractivity contribution in [3.8, 4) is 5.75 Å². The highest BCUT2D eigenvalue weighted by molar-refractivity contribution is 5.97. The summed E-state index contributed by atoms with van der Waals surface area (Å²) in [5, 5.41) is 5.38. The van der Waals surface area contributed by atoms with Crippen LogP contribution in [0.5, 0.6) is 5.75 Å². The zero-order valence-corrected chi connectivity index (χ0v) is 19.8. The Morgan fingerprint density at radius 1 is 1.11 bits per heavy atom. The zero-order chi connectivity index (χ0) is 25.5. The third-order valence-electron chi connectivity index (χ3n) is 5.22. The van der Waals surface area contributed by atoms with Gasteiger partial charge in [-0.15, -0.1) is 0 Å². The number of likely N-dealkylation sites (N-methyl/N-ethyl adjacent to an activating group) is 1. The lowest BCUT2D eigenvalue weighted by molar-refractivity contribution is -0.115.